The van der Waals surface area contributed by atoms with Crippen LogP contribution in [-0.2, 0) is 15.7 Å². The van der Waals surface area contributed by atoms with Crippen LogP contribution in [-0.4, -0.2) is 50.9 Å². The second-order valence-electron chi connectivity index (χ2n) is 12.0. The van der Waals surface area contributed by atoms with Gasteiger partial charge in [-0.1, -0.05) is 63.8 Å². The lowest BCUT2D eigenvalue weighted by atomic mass is 9.68. The fraction of sp³-hybridized carbons (Fsp3) is 0.471. The van der Waals surface area contributed by atoms with Crippen LogP contribution in [0.15, 0.2) is 71.6 Å². The smallest absolute Gasteiger partial charge is 0.202 e. The molecule has 0 radical (unpaired) electrons. The van der Waals surface area contributed by atoms with Gasteiger partial charge in [-0.25, -0.2) is 8.42 Å². The van der Waals surface area contributed by atoms with Gasteiger partial charge >= 0.3 is 0 Å². The van der Waals surface area contributed by atoms with Crippen LogP contribution in [0.25, 0.3) is 0 Å². The molecule has 0 spiro atoms. The fourth-order valence-electron chi connectivity index (χ4n) is 6.31. The number of sulfone groups is 1. The van der Waals surface area contributed by atoms with Crippen LogP contribution < -0.4 is 15.5 Å². The quantitative estimate of drug-likeness (QED) is 0.120. The summed E-state index contributed by atoms with van der Waals surface area (Å²) < 4.78 is 28.2. The summed E-state index contributed by atoms with van der Waals surface area (Å²) in [5, 5.41) is 29.4. The maximum absolute atomic E-state index is 14.1. The summed E-state index contributed by atoms with van der Waals surface area (Å²) in [6, 6.07) is 20.5. The molecule has 1 unspecified atom stereocenters. The first kappa shape index (κ1) is 33.1. The van der Waals surface area contributed by atoms with Crippen LogP contribution in [0.1, 0.15) is 75.0 Å². The number of fused-ring (bicyclic) bond motifs is 1. The second-order valence-corrected chi connectivity index (χ2v) is 14.2. The van der Waals surface area contributed by atoms with Gasteiger partial charge in [-0.05, 0) is 72.0 Å². The zero-order chi connectivity index (χ0) is 31.2. The van der Waals surface area contributed by atoms with E-state index in [-0.39, 0.29) is 10.6 Å². The highest BCUT2D eigenvalue weighted by Gasteiger charge is 2.49. The average molecular weight is 628 g/mol. The van der Waals surface area contributed by atoms with E-state index in [9.17, 15) is 18.6 Å². The van der Waals surface area contributed by atoms with Gasteiger partial charge in [0.2, 0.25) is 6.35 Å². The molecule has 234 valence electrons. The molecule has 0 amide bonds. The summed E-state index contributed by atoms with van der Waals surface area (Å²) >= 11 is 5.97. The third-order valence-corrected chi connectivity index (χ3v) is 10.9. The van der Waals surface area contributed by atoms with Crippen molar-refractivity contribution in [2.45, 2.75) is 81.5 Å². The molecule has 0 saturated carbocycles. The summed E-state index contributed by atoms with van der Waals surface area (Å²) in [5.41, 5.74) is 3.79. The third-order valence-electron chi connectivity index (χ3n) is 8.59. The van der Waals surface area contributed by atoms with Gasteiger partial charge in [0, 0.05) is 48.4 Å². The van der Waals surface area contributed by atoms with Crippen molar-refractivity contribution in [2.75, 3.05) is 35.4 Å². The van der Waals surface area contributed by atoms with Crippen molar-refractivity contribution in [3.8, 4) is 0 Å². The molecule has 0 saturated heterocycles. The molecular weight excluding hydrogens is 582 g/mol. The van der Waals surface area contributed by atoms with E-state index in [1.807, 2.05) is 79.7 Å². The number of aliphatic hydroxyl groups is 2. The molecule has 4 N–H and O–H groups in total. The highest BCUT2D eigenvalue weighted by atomic mass is 35.5. The number of aliphatic hydroxyl groups excluding tert-OH is 2. The van der Waals surface area contributed by atoms with Crippen molar-refractivity contribution < 1.29 is 18.6 Å². The molecule has 1 heterocycles. The number of halogens is 1. The van der Waals surface area contributed by atoms with Crippen molar-refractivity contribution in [3.63, 3.8) is 0 Å². The predicted octanol–water partition coefficient (Wildman–Crippen LogP) is 6.94. The van der Waals surface area contributed by atoms with Gasteiger partial charge in [0.1, 0.15) is 0 Å². The minimum Gasteiger partial charge on any atom is -0.392 e. The van der Waals surface area contributed by atoms with Gasteiger partial charge in [0.25, 0.3) is 0 Å². The summed E-state index contributed by atoms with van der Waals surface area (Å²) in [7, 11) is 0.161. The molecule has 0 fully saturated rings. The number of nitrogens with one attached hydrogen (secondary N) is 2. The number of benzene rings is 3. The molecule has 1 aliphatic rings. The Balaban J connectivity index is 1.79. The first-order valence-corrected chi connectivity index (χ1v) is 17.4. The van der Waals surface area contributed by atoms with E-state index < -0.39 is 33.6 Å². The standard InChI is InChI=1S/C34H46ClN3O4S/c1-5-7-17-34(18-8-6-2)23-43(41,42)30-16-15-28(38(3)4)21-29(30)31(32(34)39)25-12-10-14-27(20-25)37-33(40)36-26-13-9-11-24(19-26)22-35/h9-16,19-21,31-33,36-37,39-40H,5-8,17-18,22-23H2,1-4H3/t31-,32-,33?/m1/s1. The number of anilines is 3. The van der Waals surface area contributed by atoms with E-state index >= 15 is 0 Å². The van der Waals surface area contributed by atoms with Gasteiger partial charge < -0.3 is 25.7 Å². The molecule has 3 atom stereocenters. The summed E-state index contributed by atoms with van der Waals surface area (Å²) in [5.74, 6) is -0.281. The molecule has 4 rings (SSSR count). The van der Waals surface area contributed by atoms with E-state index in [1.54, 1.807) is 6.07 Å². The summed E-state index contributed by atoms with van der Waals surface area (Å²) in [4.78, 5) is 2.23. The molecular formula is C34H46ClN3O4S. The number of nitrogens with zero attached hydrogens (tertiary/aromatic N) is 1. The molecule has 43 heavy (non-hydrogen) atoms. The van der Waals surface area contributed by atoms with Crippen molar-refractivity contribution in [1.29, 1.82) is 0 Å². The van der Waals surface area contributed by atoms with Crippen LogP contribution >= 0.6 is 11.6 Å². The number of hydrogen-bond acceptors (Lipinski definition) is 7. The van der Waals surface area contributed by atoms with E-state index in [0.717, 1.165) is 48.2 Å². The largest absolute Gasteiger partial charge is 0.392 e. The van der Waals surface area contributed by atoms with Gasteiger partial charge in [-0.2, -0.15) is 0 Å². The molecule has 0 bridgehead atoms. The Morgan fingerprint density at radius 2 is 1.58 bits per heavy atom. The lowest BCUT2D eigenvalue weighted by Gasteiger charge is -2.40. The number of unbranched alkanes of at least 4 members (excludes halogenated alkanes) is 2. The monoisotopic (exact) mass is 627 g/mol. The Morgan fingerprint density at radius 3 is 2.19 bits per heavy atom. The Labute approximate surface area is 262 Å². The maximum Gasteiger partial charge on any atom is 0.202 e. The first-order valence-electron chi connectivity index (χ1n) is 15.2. The van der Waals surface area contributed by atoms with Gasteiger partial charge in [0.05, 0.1) is 16.8 Å². The van der Waals surface area contributed by atoms with E-state index in [1.165, 1.54) is 0 Å². The number of hydrogen-bond donors (Lipinski definition) is 4. The lowest BCUT2D eigenvalue weighted by Crippen LogP contribution is -2.43. The minimum absolute atomic E-state index is 0.0755. The maximum atomic E-state index is 14.1. The molecule has 3 aromatic rings. The highest BCUT2D eigenvalue weighted by Crippen LogP contribution is 2.50. The number of alkyl halides is 1. The van der Waals surface area contributed by atoms with Crippen LogP contribution in [0.2, 0.25) is 0 Å². The molecule has 7 nitrogen and oxygen atoms in total. The Bertz CT molecular complexity index is 1470. The SMILES string of the molecule is CCCCC1(CCCC)CS(=O)(=O)c2ccc(N(C)C)cc2[C@@H](c2cccc(NC(O)Nc3cccc(CCl)c3)c2)[C@H]1O. The van der Waals surface area contributed by atoms with Gasteiger partial charge in [-0.15, -0.1) is 11.6 Å². The fourth-order valence-corrected chi connectivity index (χ4v) is 8.67. The molecule has 0 aliphatic carbocycles. The van der Waals surface area contributed by atoms with Crippen molar-refractivity contribution >= 4 is 38.5 Å². The van der Waals surface area contributed by atoms with Crippen molar-refractivity contribution in [3.05, 3.63) is 83.4 Å². The second kappa shape index (κ2) is 14.3. The van der Waals surface area contributed by atoms with Crippen LogP contribution in [0, 0.1) is 5.41 Å². The predicted molar refractivity (Wildman–Crippen MR) is 178 cm³/mol. The van der Waals surface area contributed by atoms with E-state index in [0.29, 0.717) is 30.0 Å². The summed E-state index contributed by atoms with van der Waals surface area (Å²) in [6.07, 6.45) is 2.77. The lowest BCUT2D eigenvalue weighted by molar-refractivity contribution is 0.0127. The Hall–Kier alpha value is -2.78. The van der Waals surface area contributed by atoms with Gasteiger partial charge in [-0.3, -0.25) is 0 Å². The zero-order valence-corrected chi connectivity index (χ0v) is 27.3. The Morgan fingerprint density at radius 1 is 0.953 bits per heavy atom. The van der Waals surface area contributed by atoms with Gasteiger partial charge in [0.15, 0.2) is 9.84 Å². The summed E-state index contributed by atoms with van der Waals surface area (Å²) in [6.45, 7) is 4.20. The first-order chi connectivity index (χ1) is 20.5. The molecule has 3 aromatic carbocycles. The van der Waals surface area contributed by atoms with Crippen molar-refractivity contribution in [1.82, 2.24) is 0 Å². The Kier molecular flexibility index (Phi) is 11.0. The third kappa shape index (κ3) is 7.66. The van der Waals surface area contributed by atoms with E-state index in [4.69, 9.17) is 11.6 Å². The van der Waals surface area contributed by atoms with Crippen LogP contribution in [0.4, 0.5) is 17.1 Å². The molecule has 1 aliphatic heterocycles. The topological polar surface area (TPSA) is 102 Å². The zero-order valence-electron chi connectivity index (χ0n) is 25.7. The van der Waals surface area contributed by atoms with Crippen LogP contribution in [0.5, 0.6) is 0 Å². The van der Waals surface area contributed by atoms with E-state index in [2.05, 4.69) is 24.5 Å². The average Bonchev–Trinajstić information content (AvgIpc) is 3.05. The van der Waals surface area contributed by atoms with Crippen molar-refractivity contribution in [2.24, 2.45) is 5.41 Å². The highest BCUT2D eigenvalue weighted by molar-refractivity contribution is 7.91. The molecule has 0 aromatic heterocycles. The molecule has 9 heteroatoms. The minimum atomic E-state index is -3.69. The normalized spacial score (nSPS) is 19.6. The number of rotatable bonds is 13. The van der Waals surface area contributed by atoms with Crippen LogP contribution in [0.3, 0.4) is 0 Å².